The third kappa shape index (κ3) is 5.23. The zero-order valence-corrected chi connectivity index (χ0v) is 16.7. The summed E-state index contributed by atoms with van der Waals surface area (Å²) in [7, 11) is 3.05. The molecule has 3 aromatic rings. The van der Waals surface area contributed by atoms with E-state index < -0.39 is 17.6 Å². The summed E-state index contributed by atoms with van der Waals surface area (Å²) in [5.74, 6) is 0.796. The molecule has 0 bridgehead atoms. The first-order valence-corrected chi connectivity index (χ1v) is 9.53. The van der Waals surface area contributed by atoms with Crippen molar-refractivity contribution in [2.45, 2.75) is 11.3 Å². The molecule has 30 heavy (non-hydrogen) atoms. The molecule has 0 aliphatic rings. The SMILES string of the molecule is COc1cc(OC)cc(-c2nc(SCC(=O)Nc3ccccc3C(F)(F)F)n[nH]2)c1. The van der Waals surface area contributed by atoms with Crippen molar-refractivity contribution in [1.82, 2.24) is 15.2 Å². The van der Waals surface area contributed by atoms with Crippen LogP contribution in [0.25, 0.3) is 11.4 Å². The number of nitrogens with one attached hydrogen (secondary N) is 2. The van der Waals surface area contributed by atoms with Crippen LogP contribution < -0.4 is 14.8 Å². The second kappa shape index (κ2) is 9.08. The number of nitrogens with zero attached hydrogens (tertiary/aromatic N) is 2. The third-order valence-electron chi connectivity index (χ3n) is 3.93. The van der Waals surface area contributed by atoms with Crippen molar-refractivity contribution >= 4 is 23.4 Å². The smallest absolute Gasteiger partial charge is 0.418 e. The molecule has 7 nitrogen and oxygen atoms in total. The van der Waals surface area contributed by atoms with Crippen molar-refractivity contribution in [3.63, 3.8) is 0 Å². The highest BCUT2D eigenvalue weighted by molar-refractivity contribution is 7.99. The van der Waals surface area contributed by atoms with Crippen LogP contribution in [-0.4, -0.2) is 41.1 Å². The largest absolute Gasteiger partial charge is 0.497 e. The maximum atomic E-state index is 13.0. The van der Waals surface area contributed by atoms with E-state index in [0.717, 1.165) is 17.8 Å². The number of carbonyl (C=O) groups excluding carboxylic acids is 1. The molecule has 0 aliphatic heterocycles. The van der Waals surface area contributed by atoms with Gasteiger partial charge in [0.1, 0.15) is 11.5 Å². The van der Waals surface area contributed by atoms with Crippen LogP contribution in [-0.2, 0) is 11.0 Å². The normalized spacial score (nSPS) is 11.2. The van der Waals surface area contributed by atoms with Gasteiger partial charge < -0.3 is 14.8 Å². The van der Waals surface area contributed by atoms with E-state index in [9.17, 15) is 18.0 Å². The number of methoxy groups -OCH3 is 2. The number of alkyl halides is 3. The molecule has 0 spiro atoms. The van der Waals surface area contributed by atoms with Gasteiger partial charge in [-0.1, -0.05) is 23.9 Å². The molecule has 0 saturated heterocycles. The van der Waals surface area contributed by atoms with E-state index in [-0.39, 0.29) is 16.6 Å². The van der Waals surface area contributed by atoms with Crippen LogP contribution in [0.5, 0.6) is 11.5 Å². The number of hydrogen-bond donors (Lipinski definition) is 2. The van der Waals surface area contributed by atoms with Crippen LogP contribution in [0.3, 0.4) is 0 Å². The fourth-order valence-electron chi connectivity index (χ4n) is 2.54. The lowest BCUT2D eigenvalue weighted by atomic mass is 10.1. The minimum absolute atomic E-state index is 0.162. The second-order valence-corrected chi connectivity index (χ2v) is 6.89. The molecular weight excluding hydrogens is 421 g/mol. The van der Waals surface area contributed by atoms with Crippen LogP contribution in [0.4, 0.5) is 18.9 Å². The molecule has 1 heterocycles. The molecule has 2 N–H and O–H groups in total. The lowest BCUT2D eigenvalue weighted by Crippen LogP contribution is -2.18. The Labute approximate surface area is 174 Å². The number of rotatable bonds is 7. The van der Waals surface area contributed by atoms with E-state index in [1.54, 1.807) is 18.2 Å². The molecule has 1 amide bonds. The first kappa shape index (κ1) is 21.5. The fourth-order valence-corrected chi connectivity index (χ4v) is 3.14. The van der Waals surface area contributed by atoms with Crippen LogP contribution in [0.2, 0.25) is 0 Å². The summed E-state index contributed by atoms with van der Waals surface area (Å²) in [5, 5.41) is 9.33. The third-order valence-corrected chi connectivity index (χ3v) is 4.78. The fraction of sp³-hybridized carbons (Fsp3) is 0.211. The Morgan fingerprint density at radius 2 is 1.80 bits per heavy atom. The molecule has 1 aromatic heterocycles. The van der Waals surface area contributed by atoms with E-state index in [1.807, 2.05) is 0 Å². The quantitative estimate of drug-likeness (QED) is 0.537. The topological polar surface area (TPSA) is 89.1 Å². The molecule has 2 aromatic carbocycles. The Kier molecular flexibility index (Phi) is 6.50. The van der Waals surface area contributed by atoms with Crippen molar-refractivity contribution < 1.29 is 27.4 Å². The summed E-state index contributed by atoms with van der Waals surface area (Å²) in [6.45, 7) is 0. The number of benzene rings is 2. The van der Waals surface area contributed by atoms with E-state index >= 15 is 0 Å². The van der Waals surface area contributed by atoms with Gasteiger partial charge in [-0.3, -0.25) is 9.89 Å². The Morgan fingerprint density at radius 3 is 2.43 bits per heavy atom. The average molecular weight is 438 g/mol. The highest BCUT2D eigenvalue weighted by atomic mass is 32.2. The lowest BCUT2D eigenvalue weighted by Gasteiger charge is -2.13. The molecule has 0 saturated carbocycles. The molecule has 0 unspecified atom stereocenters. The van der Waals surface area contributed by atoms with E-state index in [0.29, 0.717) is 22.9 Å². The standard InChI is InChI=1S/C19H17F3N4O3S/c1-28-12-7-11(8-13(9-12)29-2)17-24-18(26-25-17)30-10-16(27)23-15-6-4-3-5-14(15)19(20,21)22/h3-9H,10H2,1-2H3,(H,23,27)(H,24,25,26). The zero-order chi connectivity index (χ0) is 21.7. The van der Waals surface area contributed by atoms with Gasteiger partial charge in [0.05, 0.1) is 31.2 Å². The first-order valence-electron chi connectivity index (χ1n) is 8.55. The maximum absolute atomic E-state index is 13.0. The van der Waals surface area contributed by atoms with Gasteiger partial charge in [0, 0.05) is 11.6 Å². The van der Waals surface area contributed by atoms with Gasteiger partial charge in [0.25, 0.3) is 0 Å². The molecular formula is C19H17F3N4O3S. The van der Waals surface area contributed by atoms with Crippen molar-refractivity contribution in [2.24, 2.45) is 0 Å². The minimum Gasteiger partial charge on any atom is -0.497 e. The van der Waals surface area contributed by atoms with Crippen LogP contribution >= 0.6 is 11.8 Å². The van der Waals surface area contributed by atoms with Crippen LogP contribution in [0, 0.1) is 0 Å². The number of halogens is 3. The summed E-state index contributed by atoms with van der Waals surface area (Å²) in [6, 6.07) is 9.96. The molecule has 11 heteroatoms. The number of amides is 1. The van der Waals surface area contributed by atoms with E-state index in [4.69, 9.17) is 9.47 Å². The first-order chi connectivity index (χ1) is 14.3. The lowest BCUT2D eigenvalue weighted by molar-refractivity contribution is -0.137. The van der Waals surface area contributed by atoms with Gasteiger partial charge >= 0.3 is 6.18 Å². The number of aromatic nitrogens is 3. The summed E-state index contributed by atoms with van der Waals surface area (Å²) in [5.41, 5.74) is -0.542. The Bertz CT molecular complexity index is 1020. The van der Waals surface area contributed by atoms with Gasteiger partial charge in [-0.25, -0.2) is 4.98 Å². The van der Waals surface area contributed by atoms with Crippen molar-refractivity contribution in [2.75, 3.05) is 25.3 Å². The van der Waals surface area contributed by atoms with Crippen molar-refractivity contribution in [3.05, 3.63) is 48.0 Å². The van der Waals surface area contributed by atoms with E-state index in [2.05, 4.69) is 20.5 Å². The average Bonchev–Trinajstić information content (AvgIpc) is 3.20. The van der Waals surface area contributed by atoms with Crippen molar-refractivity contribution in [3.8, 4) is 22.9 Å². The van der Waals surface area contributed by atoms with Crippen LogP contribution in [0.15, 0.2) is 47.6 Å². The van der Waals surface area contributed by atoms with Gasteiger partial charge in [0.15, 0.2) is 5.82 Å². The molecule has 0 radical (unpaired) electrons. The molecule has 0 atom stereocenters. The molecule has 0 fully saturated rings. The van der Waals surface area contributed by atoms with Gasteiger partial charge in [0.2, 0.25) is 11.1 Å². The summed E-state index contributed by atoms with van der Waals surface area (Å²) in [6.07, 6.45) is -4.56. The number of anilines is 1. The van der Waals surface area contributed by atoms with Gasteiger partial charge in [-0.15, -0.1) is 5.10 Å². The Morgan fingerprint density at radius 1 is 1.13 bits per heavy atom. The number of ether oxygens (including phenoxy) is 2. The molecule has 0 aliphatic carbocycles. The second-order valence-electron chi connectivity index (χ2n) is 5.95. The number of H-pyrrole nitrogens is 1. The summed E-state index contributed by atoms with van der Waals surface area (Å²) in [4.78, 5) is 16.4. The van der Waals surface area contributed by atoms with Crippen LogP contribution in [0.1, 0.15) is 5.56 Å². The van der Waals surface area contributed by atoms with Crippen molar-refractivity contribution in [1.29, 1.82) is 0 Å². The van der Waals surface area contributed by atoms with Gasteiger partial charge in [-0.05, 0) is 24.3 Å². The highest BCUT2D eigenvalue weighted by Crippen LogP contribution is 2.34. The number of aromatic amines is 1. The summed E-state index contributed by atoms with van der Waals surface area (Å²) >= 11 is 0.987. The minimum atomic E-state index is -4.56. The highest BCUT2D eigenvalue weighted by Gasteiger charge is 2.33. The van der Waals surface area contributed by atoms with Gasteiger partial charge in [-0.2, -0.15) is 13.2 Å². The Balaban J connectivity index is 1.66. The molecule has 3 rings (SSSR count). The number of hydrogen-bond acceptors (Lipinski definition) is 6. The summed E-state index contributed by atoms with van der Waals surface area (Å²) < 4.78 is 49.5. The zero-order valence-electron chi connectivity index (χ0n) is 15.9. The predicted molar refractivity (Wildman–Crippen MR) is 106 cm³/mol. The maximum Gasteiger partial charge on any atom is 0.418 e. The molecule has 158 valence electrons. The predicted octanol–water partition coefficient (Wildman–Crippen LogP) is 4.24. The van der Waals surface area contributed by atoms with E-state index in [1.165, 1.54) is 32.4 Å². The Hall–Kier alpha value is -3.21. The number of para-hydroxylation sites is 1. The monoisotopic (exact) mass is 438 g/mol. The number of thioether (sulfide) groups is 1. The number of carbonyl (C=O) groups is 1.